The molecule has 1 aromatic rings. The van der Waals surface area contributed by atoms with Gasteiger partial charge in [0, 0.05) is 26.1 Å². The van der Waals surface area contributed by atoms with Crippen LogP contribution in [0.5, 0.6) is 5.75 Å². The fraction of sp³-hybridized carbons (Fsp3) is 0.500. The van der Waals surface area contributed by atoms with Crippen LogP contribution < -0.4 is 4.74 Å². The third-order valence-electron chi connectivity index (χ3n) is 3.68. The molecule has 0 unspecified atom stereocenters. The van der Waals surface area contributed by atoms with E-state index in [-0.39, 0.29) is 23.5 Å². The van der Waals surface area contributed by atoms with Crippen LogP contribution in [0.15, 0.2) is 18.2 Å². The van der Waals surface area contributed by atoms with Crippen LogP contribution in [0.4, 0.5) is 0 Å². The zero-order valence-electron chi connectivity index (χ0n) is 13.2. The maximum atomic E-state index is 11.7. The van der Waals surface area contributed by atoms with E-state index in [1.54, 1.807) is 0 Å². The maximum Gasteiger partial charge on any atom is 0.338 e. The summed E-state index contributed by atoms with van der Waals surface area (Å²) in [5.41, 5.74) is -0.640. The fourth-order valence-electron chi connectivity index (χ4n) is 2.27. The average molecular weight is 324 g/mol. The average Bonchev–Trinajstić information content (AvgIpc) is 2.59. The van der Waals surface area contributed by atoms with Crippen molar-refractivity contribution in [3.8, 4) is 5.75 Å². The Morgan fingerprint density at radius 1 is 1.09 bits per heavy atom. The summed E-state index contributed by atoms with van der Waals surface area (Å²) in [6.45, 7) is 0.979. The Kier molecular flexibility index (Phi) is 5.57. The Morgan fingerprint density at radius 3 is 2.09 bits per heavy atom. The van der Waals surface area contributed by atoms with Crippen LogP contribution in [0.2, 0.25) is 0 Å². The van der Waals surface area contributed by atoms with E-state index in [2.05, 4.69) is 9.47 Å². The minimum atomic E-state index is -0.981. The number of carbonyl (C=O) groups excluding carboxylic acids is 2. The molecule has 0 aliphatic carbocycles. The standard InChI is InChI=1S/C16H20O7/c1-20-14(17)11-7-12(15(18)21-2)9-13(8-11)23-10-16(19)3-5-22-6-4-16/h7-9,19H,3-6,10H2,1-2H3. The number of benzene rings is 1. The summed E-state index contributed by atoms with van der Waals surface area (Å²) in [6, 6.07) is 4.29. The topological polar surface area (TPSA) is 91.3 Å². The van der Waals surface area contributed by atoms with Gasteiger partial charge in [-0.15, -0.1) is 0 Å². The molecule has 23 heavy (non-hydrogen) atoms. The number of ether oxygens (including phenoxy) is 4. The molecule has 0 radical (unpaired) electrons. The van der Waals surface area contributed by atoms with Crippen LogP contribution in [0.1, 0.15) is 33.6 Å². The highest BCUT2D eigenvalue weighted by molar-refractivity contribution is 5.96. The molecule has 1 aliphatic rings. The number of esters is 2. The van der Waals surface area contributed by atoms with Crippen molar-refractivity contribution in [2.24, 2.45) is 0 Å². The van der Waals surface area contributed by atoms with Crippen molar-refractivity contribution in [1.29, 1.82) is 0 Å². The first kappa shape index (κ1) is 17.2. The van der Waals surface area contributed by atoms with Gasteiger partial charge in [-0.2, -0.15) is 0 Å². The molecular formula is C16H20O7. The van der Waals surface area contributed by atoms with E-state index in [4.69, 9.17) is 9.47 Å². The van der Waals surface area contributed by atoms with Crippen LogP contribution in [-0.4, -0.2) is 56.7 Å². The van der Waals surface area contributed by atoms with Crippen molar-refractivity contribution >= 4 is 11.9 Å². The predicted molar refractivity (Wildman–Crippen MR) is 79.6 cm³/mol. The van der Waals surface area contributed by atoms with Crippen LogP contribution in [0.3, 0.4) is 0 Å². The zero-order chi connectivity index (χ0) is 16.9. The second-order valence-electron chi connectivity index (χ2n) is 5.35. The minimum absolute atomic E-state index is 0.0433. The smallest absolute Gasteiger partial charge is 0.338 e. The number of hydrogen-bond donors (Lipinski definition) is 1. The van der Waals surface area contributed by atoms with Gasteiger partial charge in [0.2, 0.25) is 0 Å². The van der Waals surface area contributed by atoms with E-state index in [1.807, 2.05) is 0 Å². The van der Waals surface area contributed by atoms with E-state index >= 15 is 0 Å². The molecule has 0 amide bonds. The molecule has 1 aliphatic heterocycles. The number of rotatable bonds is 5. The lowest BCUT2D eigenvalue weighted by molar-refractivity contribution is -0.0855. The Balaban J connectivity index is 2.19. The van der Waals surface area contributed by atoms with E-state index in [1.165, 1.54) is 32.4 Å². The van der Waals surface area contributed by atoms with Gasteiger partial charge in [0.05, 0.1) is 25.3 Å². The molecule has 7 heteroatoms. The number of carbonyl (C=O) groups is 2. The van der Waals surface area contributed by atoms with Crippen molar-refractivity contribution < 1.29 is 33.6 Å². The lowest BCUT2D eigenvalue weighted by atomic mass is 9.96. The minimum Gasteiger partial charge on any atom is -0.491 e. The zero-order valence-corrected chi connectivity index (χ0v) is 13.2. The fourth-order valence-corrected chi connectivity index (χ4v) is 2.27. The summed E-state index contributed by atoms with van der Waals surface area (Å²) in [7, 11) is 2.50. The van der Waals surface area contributed by atoms with E-state index in [0.717, 1.165) is 0 Å². The highest BCUT2D eigenvalue weighted by Gasteiger charge is 2.31. The lowest BCUT2D eigenvalue weighted by Crippen LogP contribution is -2.41. The third-order valence-corrected chi connectivity index (χ3v) is 3.68. The Hall–Kier alpha value is -2.12. The molecule has 0 bridgehead atoms. The van der Waals surface area contributed by atoms with Gasteiger partial charge >= 0.3 is 11.9 Å². The van der Waals surface area contributed by atoms with Gasteiger partial charge in [-0.1, -0.05) is 0 Å². The summed E-state index contributed by atoms with van der Waals surface area (Å²) >= 11 is 0. The molecule has 0 atom stereocenters. The van der Waals surface area contributed by atoms with Crippen LogP contribution in [0, 0.1) is 0 Å². The van der Waals surface area contributed by atoms with Crippen molar-refractivity contribution in [2.75, 3.05) is 34.0 Å². The maximum absolute atomic E-state index is 11.7. The first-order valence-electron chi connectivity index (χ1n) is 7.22. The summed E-state index contributed by atoms with van der Waals surface area (Å²) in [5, 5.41) is 10.4. The molecule has 126 valence electrons. The monoisotopic (exact) mass is 324 g/mol. The van der Waals surface area contributed by atoms with Crippen molar-refractivity contribution in [3.63, 3.8) is 0 Å². The lowest BCUT2D eigenvalue weighted by Gasteiger charge is -2.31. The van der Waals surface area contributed by atoms with Gasteiger partial charge in [0.15, 0.2) is 0 Å². The quantitative estimate of drug-likeness (QED) is 0.813. The molecule has 0 saturated carbocycles. The van der Waals surface area contributed by atoms with E-state index in [0.29, 0.717) is 26.1 Å². The Morgan fingerprint density at radius 2 is 1.61 bits per heavy atom. The molecule has 1 aromatic carbocycles. The van der Waals surface area contributed by atoms with Crippen molar-refractivity contribution in [3.05, 3.63) is 29.3 Å². The molecule has 1 N–H and O–H groups in total. The second-order valence-corrected chi connectivity index (χ2v) is 5.35. The summed E-state index contributed by atoms with van der Waals surface area (Å²) in [6.07, 6.45) is 0.932. The van der Waals surface area contributed by atoms with Gasteiger partial charge in [0.1, 0.15) is 18.0 Å². The molecule has 1 fully saturated rings. The van der Waals surface area contributed by atoms with Gasteiger partial charge in [-0.3, -0.25) is 0 Å². The van der Waals surface area contributed by atoms with Crippen molar-refractivity contribution in [2.45, 2.75) is 18.4 Å². The number of hydrogen-bond acceptors (Lipinski definition) is 7. The highest BCUT2D eigenvalue weighted by atomic mass is 16.5. The molecule has 0 aromatic heterocycles. The number of methoxy groups -OCH3 is 2. The molecule has 1 heterocycles. The van der Waals surface area contributed by atoms with E-state index < -0.39 is 17.5 Å². The highest BCUT2D eigenvalue weighted by Crippen LogP contribution is 2.24. The molecule has 1 saturated heterocycles. The molecular weight excluding hydrogens is 304 g/mol. The Labute approximate surface area is 134 Å². The van der Waals surface area contributed by atoms with Gasteiger partial charge in [0.25, 0.3) is 0 Å². The molecule has 2 rings (SSSR count). The van der Waals surface area contributed by atoms with Gasteiger partial charge in [-0.25, -0.2) is 9.59 Å². The van der Waals surface area contributed by atoms with Crippen LogP contribution in [-0.2, 0) is 14.2 Å². The van der Waals surface area contributed by atoms with Crippen LogP contribution in [0.25, 0.3) is 0 Å². The van der Waals surface area contributed by atoms with Gasteiger partial charge in [-0.05, 0) is 18.2 Å². The van der Waals surface area contributed by atoms with E-state index in [9.17, 15) is 14.7 Å². The first-order chi connectivity index (χ1) is 11.0. The largest absolute Gasteiger partial charge is 0.491 e. The first-order valence-corrected chi connectivity index (χ1v) is 7.22. The molecule has 0 spiro atoms. The summed E-state index contributed by atoms with van der Waals surface area (Å²) in [4.78, 5) is 23.4. The Bertz CT molecular complexity index is 542. The van der Waals surface area contributed by atoms with Crippen molar-refractivity contribution in [1.82, 2.24) is 0 Å². The second kappa shape index (κ2) is 7.43. The summed E-state index contributed by atoms with van der Waals surface area (Å²) < 4.78 is 20.1. The third kappa shape index (κ3) is 4.43. The molecule has 7 nitrogen and oxygen atoms in total. The van der Waals surface area contributed by atoms with Crippen LogP contribution >= 0.6 is 0 Å². The normalized spacial score (nSPS) is 16.5. The van der Waals surface area contributed by atoms with Gasteiger partial charge < -0.3 is 24.1 Å². The predicted octanol–water partition coefficient (Wildman–Crippen LogP) is 1.18. The SMILES string of the molecule is COC(=O)c1cc(OCC2(O)CCOCC2)cc(C(=O)OC)c1. The number of aliphatic hydroxyl groups is 1. The summed E-state index contributed by atoms with van der Waals surface area (Å²) in [5.74, 6) is -0.899.